The van der Waals surface area contributed by atoms with Crippen LogP contribution in [0.15, 0.2) is 48.5 Å². The van der Waals surface area contributed by atoms with Crippen molar-refractivity contribution in [2.24, 2.45) is 0 Å². The van der Waals surface area contributed by atoms with Crippen LogP contribution in [-0.4, -0.2) is 49.8 Å². The molecule has 2 aliphatic heterocycles. The summed E-state index contributed by atoms with van der Waals surface area (Å²) in [6.07, 6.45) is 0.776. The average Bonchev–Trinajstić information content (AvgIpc) is 2.67. The maximum atomic E-state index is 13.1. The monoisotopic (exact) mass is 391 g/mol. The van der Waals surface area contributed by atoms with Gasteiger partial charge in [-0.1, -0.05) is 41.9 Å². The van der Waals surface area contributed by atoms with Crippen LogP contribution in [0.25, 0.3) is 0 Å². The largest absolute Gasteiger partial charge is 0.369 e. The predicted molar refractivity (Wildman–Crippen MR) is 105 cm³/mol. The van der Waals surface area contributed by atoms with Crippen molar-refractivity contribution in [3.8, 4) is 0 Å². The number of halogens is 1. The van der Waals surface area contributed by atoms with E-state index in [1.165, 1.54) is 5.56 Å². The molecule has 4 rings (SSSR count). The number of hydrogen-bond acceptors (Lipinski definition) is 3. The van der Waals surface area contributed by atoms with Gasteiger partial charge in [0.05, 0.1) is 0 Å². The maximum absolute atomic E-state index is 13.1. The smallest absolute Gasteiger partial charge is 0.282 e. The third kappa shape index (κ3) is 3.47. The van der Waals surface area contributed by atoms with E-state index >= 15 is 0 Å². The molecule has 0 aromatic heterocycles. The molecule has 0 N–H and O–H groups in total. The molecule has 0 spiro atoms. The fourth-order valence-corrected chi connectivity index (χ4v) is 5.44. The van der Waals surface area contributed by atoms with E-state index in [-0.39, 0.29) is 0 Å². The topological polar surface area (TPSA) is 43.9 Å². The second-order valence-electron chi connectivity index (χ2n) is 6.73. The van der Waals surface area contributed by atoms with E-state index in [0.717, 1.165) is 17.7 Å². The highest BCUT2D eigenvalue weighted by molar-refractivity contribution is 7.86. The SMILES string of the molecule is O=S(=O)(N1CCN(c2cccc(Cl)c2)CC1)N1CCc2ccccc2C1. The third-order valence-corrected chi connectivity index (χ3v) is 7.38. The van der Waals surface area contributed by atoms with Crippen molar-refractivity contribution < 1.29 is 8.42 Å². The molecule has 26 heavy (non-hydrogen) atoms. The zero-order valence-electron chi connectivity index (χ0n) is 14.5. The van der Waals surface area contributed by atoms with Crippen molar-refractivity contribution in [2.45, 2.75) is 13.0 Å². The number of benzene rings is 2. The van der Waals surface area contributed by atoms with E-state index in [1.807, 2.05) is 42.5 Å². The number of nitrogens with zero attached hydrogens (tertiary/aromatic N) is 3. The highest BCUT2D eigenvalue weighted by Gasteiger charge is 2.34. The van der Waals surface area contributed by atoms with Gasteiger partial charge in [0.2, 0.25) is 0 Å². The first kappa shape index (κ1) is 17.8. The van der Waals surface area contributed by atoms with E-state index in [1.54, 1.807) is 8.61 Å². The lowest BCUT2D eigenvalue weighted by Crippen LogP contribution is -2.53. The molecule has 0 aliphatic carbocycles. The second kappa shape index (κ2) is 7.19. The van der Waals surface area contributed by atoms with Gasteiger partial charge in [0.1, 0.15) is 0 Å². The molecule has 2 aromatic rings. The van der Waals surface area contributed by atoms with Gasteiger partial charge in [-0.2, -0.15) is 17.0 Å². The Kier molecular flexibility index (Phi) is 4.92. The van der Waals surface area contributed by atoms with Gasteiger partial charge in [0.25, 0.3) is 10.2 Å². The summed E-state index contributed by atoms with van der Waals surface area (Å²) < 4.78 is 29.3. The van der Waals surface area contributed by atoms with Crippen LogP contribution in [0.3, 0.4) is 0 Å². The third-order valence-electron chi connectivity index (χ3n) is 5.16. The van der Waals surface area contributed by atoms with Crippen LogP contribution in [0.2, 0.25) is 5.02 Å². The van der Waals surface area contributed by atoms with Gasteiger partial charge < -0.3 is 4.90 Å². The van der Waals surface area contributed by atoms with E-state index in [9.17, 15) is 8.42 Å². The van der Waals surface area contributed by atoms with Gasteiger partial charge in [-0.3, -0.25) is 0 Å². The summed E-state index contributed by atoms with van der Waals surface area (Å²) in [4.78, 5) is 2.18. The zero-order chi connectivity index (χ0) is 18.1. The maximum Gasteiger partial charge on any atom is 0.282 e. The lowest BCUT2D eigenvalue weighted by atomic mass is 10.0. The molecule has 5 nitrogen and oxygen atoms in total. The van der Waals surface area contributed by atoms with Crippen LogP contribution in [0.1, 0.15) is 11.1 Å². The van der Waals surface area contributed by atoms with Crippen LogP contribution in [0, 0.1) is 0 Å². The molecule has 0 amide bonds. The minimum atomic E-state index is -3.43. The molecule has 0 unspecified atom stereocenters. The summed E-state index contributed by atoms with van der Waals surface area (Å²) in [5.41, 5.74) is 3.41. The Morgan fingerprint density at radius 1 is 0.808 bits per heavy atom. The molecule has 2 aliphatic rings. The summed E-state index contributed by atoms with van der Waals surface area (Å²) in [6, 6.07) is 15.8. The first-order valence-electron chi connectivity index (χ1n) is 8.86. The molecule has 0 bridgehead atoms. The van der Waals surface area contributed by atoms with E-state index in [2.05, 4.69) is 11.0 Å². The van der Waals surface area contributed by atoms with E-state index < -0.39 is 10.2 Å². The molecular formula is C19H22ClN3O2S. The molecule has 1 fully saturated rings. The number of rotatable bonds is 3. The van der Waals surface area contributed by atoms with Crippen molar-refractivity contribution >= 4 is 27.5 Å². The minimum absolute atomic E-state index is 0.465. The molecule has 0 atom stereocenters. The Morgan fingerprint density at radius 3 is 2.27 bits per heavy atom. The van der Waals surface area contributed by atoms with Crippen LogP contribution in [0.4, 0.5) is 5.69 Å². The molecule has 0 radical (unpaired) electrons. The predicted octanol–water partition coefficient (Wildman–Crippen LogP) is 2.77. The fourth-order valence-electron chi connectivity index (χ4n) is 3.68. The van der Waals surface area contributed by atoms with E-state index in [0.29, 0.717) is 44.3 Å². The Morgan fingerprint density at radius 2 is 1.54 bits per heavy atom. The molecule has 2 aromatic carbocycles. The summed E-state index contributed by atoms with van der Waals surface area (Å²) >= 11 is 6.07. The second-order valence-corrected chi connectivity index (χ2v) is 9.09. The number of anilines is 1. The van der Waals surface area contributed by atoms with E-state index in [4.69, 9.17) is 11.6 Å². The molecular weight excluding hydrogens is 370 g/mol. The normalized spacial score (nSPS) is 19.3. The highest BCUT2D eigenvalue weighted by atomic mass is 35.5. The standard InChI is InChI=1S/C19H22ClN3O2S/c20-18-6-3-7-19(14-18)21-10-12-22(13-11-21)26(24,25)23-9-8-16-4-1-2-5-17(16)15-23/h1-7,14H,8-13,15H2. The Hall–Kier alpha value is -1.60. The molecule has 2 heterocycles. The van der Waals surface area contributed by atoms with Gasteiger partial charge in [-0.05, 0) is 35.7 Å². The molecule has 1 saturated heterocycles. The highest BCUT2D eigenvalue weighted by Crippen LogP contribution is 2.25. The molecule has 0 saturated carbocycles. The summed E-state index contributed by atoms with van der Waals surface area (Å²) in [7, 11) is -3.43. The molecule has 138 valence electrons. The number of hydrogen-bond donors (Lipinski definition) is 0. The lowest BCUT2D eigenvalue weighted by Gasteiger charge is -2.38. The quantitative estimate of drug-likeness (QED) is 0.808. The van der Waals surface area contributed by atoms with Crippen molar-refractivity contribution in [1.82, 2.24) is 8.61 Å². The van der Waals surface area contributed by atoms with Crippen molar-refractivity contribution in [1.29, 1.82) is 0 Å². The van der Waals surface area contributed by atoms with Gasteiger partial charge >= 0.3 is 0 Å². The Labute approximate surface area is 160 Å². The average molecular weight is 392 g/mol. The van der Waals surface area contributed by atoms with Crippen molar-refractivity contribution in [2.75, 3.05) is 37.6 Å². The van der Waals surface area contributed by atoms with Crippen LogP contribution in [0.5, 0.6) is 0 Å². The van der Waals surface area contributed by atoms with Gasteiger partial charge in [0.15, 0.2) is 0 Å². The Bertz CT molecular complexity index is 895. The first-order chi connectivity index (χ1) is 12.5. The first-order valence-corrected chi connectivity index (χ1v) is 10.6. The number of fused-ring (bicyclic) bond motifs is 1. The Balaban J connectivity index is 1.44. The summed E-state index contributed by atoms with van der Waals surface area (Å²) in [5.74, 6) is 0. The van der Waals surface area contributed by atoms with Gasteiger partial charge in [-0.15, -0.1) is 0 Å². The zero-order valence-corrected chi connectivity index (χ0v) is 16.1. The van der Waals surface area contributed by atoms with Crippen molar-refractivity contribution in [3.63, 3.8) is 0 Å². The van der Waals surface area contributed by atoms with Crippen molar-refractivity contribution in [3.05, 3.63) is 64.7 Å². The minimum Gasteiger partial charge on any atom is -0.369 e. The lowest BCUT2D eigenvalue weighted by molar-refractivity contribution is 0.314. The van der Waals surface area contributed by atoms with Crippen LogP contribution in [-0.2, 0) is 23.2 Å². The summed E-state index contributed by atoms with van der Waals surface area (Å²) in [5, 5.41) is 0.699. The molecule has 7 heteroatoms. The van der Waals surface area contributed by atoms with Crippen LogP contribution < -0.4 is 4.90 Å². The fraction of sp³-hybridized carbons (Fsp3) is 0.368. The van der Waals surface area contributed by atoms with Crippen LogP contribution >= 0.6 is 11.6 Å². The summed E-state index contributed by atoms with van der Waals surface area (Å²) in [6.45, 7) is 3.34. The van der Waals surface area contributed by atoms with Gasteiger partial charge in [0, 0.05) is 50.0 Å². The van der Waals surface area contributed by atoms with Gasteiger partial charge in [-0.25, -0.2) is 0 Å². The number of piperazine rings is 1.